The third-order valence-electron chi connectivity index (χ3n) is 0.348. The lowest BCUT2D eigenvalue weighted by atomic mass is 10.4. The molecule has 0 aliphatic carbocycles. The van der Waals surface area contributed by atoms with Crippen molar-refractivity contribution >= 4 is 0 Å². The molecule has 94 valence electrons. The molecule has 0 atom stereocenters. The Morgan fingerprint density at radius 1 is 0.933 bits per heavy atom. The molecular weight excluding hydrogens is 180 g/mol. The maximum Gasteiger partial charge on any atom is -0.0404 e. The van der Waals surface area contributed by atoms with Crippen LogP contribution in [0.15, 0.2) is 38.0 Å². The summed E-state index contributed by atoms with van der Waals surface area (Å²) in [7, 11) is 0. The van der Waals surface area contributed by atoms with Crippen LogP contribution in [0, 0.1) is 0 Å². The molecule has 0 heteroatoms. The summed E-state index contributed by atoms with van der Waals surface area (Å²) < 4.78 is 0. The number of hydrogen-bond donors (Lipinski definition) is 0. The third kappa shape index (κ3) is 1120. The predicted molar refractivity (Wildman–Crippen MR) is 79.5 cm³/mol. The fourth-order valence-corrected chi connectivity index (χ4v) is 0. The largest absolute Gasteiger partial charge is 0.106 e. The standard InChI is InChI=1S/C5H8.2C3H8.C2H6.C2H4/c1-4-5(2)3;2*1-3-2;2*1-2/h4H,1-2H2,3H3;2*3H2,1-2H3;1-2H3;1-2H2. The van der Waals surface area contributed by atoms with Gasteiger partial charge in [0.15, 0.2) is 0 Å². The molecule has 0 aliphatic heterocycles. The Kier molecular flexibility index (Phi) is 141. The molecule has 15 heavy (non-hydrogen) atoms. The minimum Gasteiger partial charge on any atom is -0.106 e. The molecule has 0 bridgehead atoms. The van der Waals surface area contributed by atoms with Gasteiger partial charge in [0.25, 0.3) is 0 Å². The molecule has 0 unspecified atom stereocenters. The Hall–Kier alpha value is -0.780. The zero-order chi connectivity index (χ0) is 13.7. The Bertz CT molecular complexity index is 78.0. The van der Waals surface area contributed by atoms with Gasteiger partial charge < -0.3 is 0 Å². The molecular formula is C15H34. The average Bonchev–Trinajstić information content (AvgIpc) is 2.26. The van der Waals surface area contributed by atoms with Gasteiger partial charge in [0.05, 0.1) is 0 Å². The zero-order valence-corrected chi connectivity index (χ0v) is 12.3. The maximum absolute atomic E-state index is 3.56. The van der Waals surface area contributed by atoms with Crippen molar-refractivity contribution < 1.29 is 0 Å². The fraction of sp³-hybridized carbons (Fsp3) is 0.600. The quantitative estimate of drug-likeness (QED) is 0.349. The van der Waals surface area contributed by atoms with Gasteiger partial charge in [0, 0.05) is 0 Å². The second kappa shape index (κ2) is 72.4. The van der Waals surface area contributed by atoms with Crippen LogP contribution in [0.5, 0.6) is 0 Å². The van der Waals surface area contributed by atoms with Gasteiger partial charge in [-0.3, -0.25) is 0 Å². The van der Waals surface area contributed by atoms with Crippen LogP contribution in [0.3, 0.4) is 0 Å². The van der Waals surface area contributed by atoms with E-state index in [-0.39, 0.29) is 0 Å². The Labute approximate surface area is 99.8 Å². The summed E-state index contributed by atoms with van der Waals surface area (Å²) in [5.41, 5.74) is 1.02. The van der Waals surface area contributed by atoms with E-state index in [1.807, 2.05) is 20.8 Å². The summed E-state index contributed by atoms with van der Waals surface area (Å²) in [5.74, 6) is 0. The van der Waals surface area contributed by atoms with E-state index in [1.165, 1.54) is 12.8 Å². The normalized spacial score (nSPS) is 5.27. The minimum absolute atomic E-state index is 1.02. The van der Waals surface area contributed by atoms with Crippen LogP contribution in [0.1, 0.15) is 61.3 Å². The van der Waals surface area contributed by atoms with Crippen molar-refractivity contribution in [2.75, 3.05) is 0 Å². The van der Waals surface area contributed by atoms with Gasteiger partial charge in [-0.05, 0) is 6.92 Å². The first-order valence-corrected chi connectivity index (χ1v) is 5.88. The van der Waals surface area contributed by atoms with Crippen molar-refractivity contribution in [3.05, 3.63) is 38.0 Å². The van der Waals surface area contributed by atoms with Crippen LogP contribution in [0.4, 0.5) is 0 Å². The third-order valence-corrected chi connectivity index (χ3v) is 0.348. The molecule has 0 aliphatic rings. The Balaban J connectivity index is -0.0000000296. The minimum atomic E-state index is 1.02. The SMILES string of the molecule is C=C.C=CC(=C)C.CC.CCC.CCC. The number of rotatable bonds is 1. The Morgan fingerprint density at radius 2 is 1.00 bits per heavy atom. The van der Waals surface area contributed by atoms with Gasteiger partial charge in [0.1, 0.15) is 0 Å². The highest BCUT2D eigenvalue weighted by atomic mass is 13.7. The van der Waals surface area contributed by atoms with E-state index in [4.69, 9.17) is 0 Å². The smallest absolute Gasteiger partial charge is 0.0404 e. The van der Waals surface area contributed by atoms with Gasteiger partial charge in [-0.1, -0.05) is 79.2 Å². The monoisotopic (exact) mass is 214 g/mol. The summed E-state index contributed by atoms with van der Waals surface area (Å²) in [6.45, 7) is 27.4. The predicted octanol–water partition coefficient (Wildman–Crippen LogP) is 6.41. The molecule has 0 radical (unpaired) electrons. The van der Waals surface area contributed by atoms with Crippen LogP contribution >= 0.6 is 0 Å². The second-order valence-electron chi connectivity index (χ2n) is 2.46. The molecule has 0 saturated carbocycles. The first-order valence-electron chi connectivity index (χ1n) is 5.88. The van der Waals surface area contributed by atoms with Crippen molar-refractivity contribution in [1.29, 1.82) is 0 Å². The van der Waals surface area contributed by atoms with Crippen LogP contribution in [-0.2, 0) is 0 Å². The number of allylic oxidation sites excluding steroid dienone is 2. The van der Waals surface area contributed by atoms with Gasteiger partial charge >= 0.3 is 0 Å². The summed E-state index contributed by atoms with van der Waals surface area (Å²) >= 11 is 0. The highest BCUT2D eigenvalue weighted by molar-refractivity contribution is 5.05. The van der Waals surface area contributed by atoms with E-state index in [0.29, 0.717) is 0 Å². The summed E-state index contributed by atoms with van der Waals surface area (Å²) in [6.07, 6.45) is 4.22. The summed E-state index contributed by atoms with van der Waals surface area (Å²) in [4.78, 5) is 0. The molecule has 0 heterocycles. The first kappa shape index (κ1) is 29.2. The number of hydrogen-bond acceptors (Lipinski definition) is 0. The lowest BCUT2D eigenvalue weighted by Crippen LogP contribution is -1.50. The molecule has 0 fully saturated rings. The van der Waals surface area contributed by atoms with Crippen molar-refractivity contribution in [2.24, 2.45) is 0 Å². The van der Waals surface area contributed by atoms with Crippen molar-refractivity contribution in [1.82, 2.24) is 0 Å². The molecule has 0 aromatic rings. The van der Waals surface area contributed by atoms with Crippen LogP contribution in [0.2, 0.25) is 0 Å². The molecule has 0 amide bonds. The lowest BCUT2D eigenvalue weighted by molar-refractivity contribution is 1.09. The zero-order valence-electron chi connectivity index (χ0n) is 12.3. The molecule has 0 N–H and O–H groups in total. The Morgan fingerprint density at radius 3 is 1.00 bits per heavy atom. The summed E-state index contributed by atoms with van der Waals surface area (Å²) in [5, 5.41) is 0. The highest BCUT2D eigenvalue weighted by Crippen LogP contribution is 1.81. The molecule has 0 spiro atoms. The topological polar surface area (TPSA) is 0 Å². The van der Waals surface area contributed by atoms with E-state index in [2.05, 4.69) is 54.0 Å². The van der Waals surface area contributed by atoms with E-state index in [9.17, 15) is 0 Å². The lowest BCUT2D eigenvalue weighted by Gasteiger charge is -1.71. The second-order valence-corrected chi connectivity index (χ2v) is 2.46. The molecule has 0 rings (SSSR count). The van der Waals surface area contributed by atoms with Gasteiger partial charge in [-0.25, -0.2) is 0 Å². The van der Waals surface area contributed by atoms with Crippen molar-refractivity contribution in [3.8, 4) is 0 Å². The van der Waals surface area contributed by atoms with Crippen LogP contribution in [-0.4, -0.2) is 0 Å². The molecule has 0 saturated heterocycles. The highest BCUT2D eigenvalue weighted by Gasteiger charge is 1.59. The van der Waals surface area contributed by atoms with E-state index in [0.717, 1.165) is 5.57 Å². The van der Waals surface area contributed by atoms with Crippen molar-refractivity contribution in [2.45, 2.75) is 61.3 Å². The fourth-order valence-electron chi connectivity index (χ4n) is 0. The maximum atomic E-state index is 3.56. The van der Waals surface area contributed by atoms with Crippen molar-refractivity contribution in [3.63, 3.8) is 0 Å². The van der Waals surface area contributed by atoms with Crippen LogP contribution in [0.25, 0.3) is 0 Å². The van der Waals surface area contributed by atoms with Crippen LogP contribution < -0.4 is 0 Å². The summed E-state index contributed by atoms with van der Waals surface area (Å²) in [6, 6.07) is 0. The van der Waals surface area contributed by atoms with E-state index < -0.39 is 0 Å². The van der Waals surface area contributed by atoms with E-state index >= 15 is 0 Å². The van der Waals surface area contributed by atoms with E-state index in [1.54, 1.807) is 6.08 Å². The van der Waals surface area contributed by atoms with Gasteiger partial charge in [0.2, 0.25) is 0 Å². The molecule has 0 nitrogen and oxygen atoms in total. The average molecular weight is 214 g/mol. The molecule has 0 aromatic carbocycles. The van der Waals surface area contributed by atoms with Gasteiger partial charge in [-0.15, -0.1) is 13.2 Å². The van der Waals surface area contributed by atoms with Gasteiger partial charge in [-0.2, -0.15) is 0 Å². The first-order chi connectivity index (χ1) is 7.10. The molecule has 0 aromatic heterocycles.